The van der Waals surface area contributed by atoms with E-state index in [2.05, 4.69) is 58.9 Å². The van der Waals surface area contributed by atoms with Gasteiger partial charge in [0.25, 0.3) is 0 Å². The molecule has 2 N–H and O–H groups in total. The summed E-state index contributed by atoms with van der Waals surface area (Å²) in [5.74, 6) is 0. The molecule has 18 heavy (non-hydrogen) atoms. The first-order valence-corrected chi connectivity index (χ1v) is 6.53. The Morgan fingerprint density at radius 1 is 1.22 bits per heavy atom. The fourth-order valence-corrected chi connectivity index (χ4v) is 2.95. The van der Waals surface area contributed by atoms with Crippen molar-refractivity contribution in [1.82, 2.24) is 4.57 Å². The van der Waals surface area contributed by atoms with Crippen molar-refractivity contribution in [2.24, 2.45) is 12.8 Å². The highest BCUT2D eigenvalue weighted by molar-refractivity contribution is 7.08. The summed E-state index contributed by atoms with van der Waals surface area (Å²) in [6, 6.07) is 10.4. The van der Waals surface area contributed by atoms with Crippen LogP contribution in [0.25, 0.3) is 10.9 Å². The molecule has 2 heterocycles. The second-order valence-electron chi connectivity index (χ2n) is 4.25. The number of aryl methyl sites for hydroxylation is 1. The standard InChI is InChI=1S/C14H14N2S.ClH/c1-16-8-12(11-4-2-3-5-13(11)16)14(15)10-6-7-17-9-10;/h2-9,14H,15H2,1H3;1H/t14-;/m0./s1. The topological polar surface area (TPSA) is 30.9 Å². The molecular formula is C14H15ClN2S. The first-order chi connectivity index (χ1) is 8.27. The van der Waals surface area contributed by atoms with Crippen molar-refractivity contribution in [3.63, 3.8) is 0 Å². The Labute approximate surface area is 116 Å². The van der Waals surface area contributed by atoms with Crippen molar-refractivity contribution in [1.29, 1.82) is 0 Å². The molecule has 0 unspecified atom stereocenters. The lowest BCUT2D eigenvalue weighted by Gasteiger charge is -2.08. The first kappa shape index (κ1) is 13.1. The Morgan fingerprint density at radius 3 is 2.72 bits per heavy atom. The molecular weight excluding hydrogens is 264 g/mol. The van der Waals surface area contributed by atoms with Gasteiger partial charge in [0.2, 0.25) is 0 Å². The maximum absolute atomic E-state index is 6.33. The van der Waals surface area contributed by atoms with Crippen molar-refractivity contribution in [2.75, 3.05) is 0 Å². The van der Waals surface area contributed by atoms with E-state index in [9.17, 15) is 0 Å². The lowest BCUT2D eigenvalue weighted by Crippen LogP contribution is -2.10. The fourth-order valence-electron chi connectivity index (χ4n) is 2.25. The van der Waals surface area contributed by atoms with Crippen LogP contribution >= 0.6 is 23.7 Å². The molecule has 0 aliphatic rings. The van der Waals surface area contributed by atoms with Crippen LogP contribution in [0.15, 0.2) is 47.3 Å². The van der Waals surface area contributed by atoms with Crippen molar-refractivity contribution >= 4 is 34.6 Å². The van der Waals surface area contributed by atoms with Gasteiger partial charge in [0.05, 0.1) is 6.04 Å². The van der Waals surface area contributed by atoms with Crippen molar-refractivity contribution in [3.05, 3.63) is 58.4 Å². The average Bonchev–Trinajstić information content (AvgIpc) is 2.97. The van der Waals surface area contributed by atoms with Crippen LogP contribution in [0.1, 0.15) is 17.2 Å². The minimum absolute atomic E-state index is 0. The molecule has 1 atom stereocenters. The number of thiophene rings is 1. The molecule has 0 aliphatic heterocycles. The van der Waals surface area contributed by atoms with Gasteiger partial charge in [-0.15, -0.1) is 12.4 Å². The second kappa shape index (κ2) is 5.14. The third-order valence-corrected chi connectivity index (χ3v) is 3.87. The number of nitrogens with two attached hydrogens (primary N) is 1. The highest BCUT2D eigenvalue weighted by Crippen LogP contribution is 2.29. The summed E-state index contributed by atoms with van der Waals surface area (Å²) in [5, 5.41) is 5.43. The Kier molecular flexibility index (Phi) is 3.76. The number of rotatable bonds is 2. The van der Waals surface area contributed by atoms with E-state index in [4.69, 9.17) is 5.73 Å². The molecule has 3 aromatic rings. The van der Waals surface area contributed by atoms with Crippen LogP contribution < -0.4 is 5.73 Å². The van der Waals surface area contributed by atoms with Crippen LogP contribution in [-0.4, -0.2) is 4.57 Å². The van der Waals surface area contributed by atoms with Crippen LogP contribution in [0.3, 0.4) is 0 Å². The van der Waals surface area contributed by atoms with Gasteiger partial charge in [-0.2, -0.15) is 11.3 Å². The molecule has 0 bridgehead atoms. The van der Waals surface area contributed by atoms with E-state index in [1.165, 1.54) is 22.0 Å². The zero-order chi connectivity index (χ0) is 11.8. The SMILES string of the molecule is Cl.Cn1cc([C@@H](N)c2ccsc2)c2ccccc21. The second-order valence-corrected chi connectivity index (χ2v) is 5.03. The molecule has 0 saturated carbocycles. The van der Waals surface area contributed by atoms with Gasteiger partial charge in [0.1, 0.15) is 0 Å². The van der Waals surface area contributed by atoms with Crippen molar-refractivity contribution < 1.29 is 0 Å². The van der Waals surface area contributed by atoms with Crippen LogP contribution in [0.2, 0.25) is 0 Å². The van der Waals surface area contributed by atoms with E-state index in [-0.39, 0.29) is 18.4 Å². The maximum atomic E-state index is 6.33. The fraction of sp³-hybridized carbons (Fsp3) is 0.143. The summed E-state index contributed by atoms with van der Waals surface area (Å²) >= 11 is 1.69. The largest absolute Gasteiger partial charge is 0.350 e. The predicted molar refractivity (Wildman–Crippen MR) is 80.5 cm³/mol. The van der Waals surface area contributed by atoms with Crippen molar-refractivity contribution in [2.45, 2.75) is 6.04 Å². The number of benzene rings is 1. The quantitative estimate of drug-likeness (QED) is 0.761. The van der Waals surface area contributed by atoms with Gasteiger partial charge in [0, 0.05) is 24.1 Å². The summed E-state index contributed by atoms with van der Waals surface area (Å²) in [7, 11) is 2.06. The number of hydrogen-bond donors (Lipinski definition) is 1. The highest BCUT2D eigenvalue weighted by atomic mass is 35.5. The summed E-state index contributed by atoms with van der Waals surface area (Å²) in [6.45, 7) is 0. The van der Waals surface area contributed by atoms with Gasteiger partial charge in [-0.05, 0) is 34.0 Å². The Morgan fingerprint density at radius 2 is 2.00 bits per heavy atom. The number of nitrogens with zero attached hydrogens (tertiary/aromatic N) is 1. The number of hydrogen-bond acceptors (Lipinski definition) is 2. The molecule has 0 aliphatic carbocycles. The van der Waals surface area contributed by atoms with Gasteiger partial charge >= 0.3 is 0 Å². The van der Waals surface area contributed by atoms with Gasteiger partial charge in [-0.25, -0.2) is 0 Å². The van der Waals surface area contributed by atoms with E-state index in [1.807, 2.05) is 0 Å². The molecule has 0 saturated heterocycles. The molecule has 0 amide bonds. The molecule has 0 radical (unpaired) electrons. The summed E-state index contributed by atoms with van der Waals surface area (Å²) in [5.41, 5.74) is 9.95. The van der Waals surface area contributed by atoms with E-state index >= 15 is 0 Å². The minimum atomic E-state index is -0.0349. The normalized spacial score (nSPS) is 12.3. The molecule has 3 rings (SSSR count). The number of aromatic nitrogens is 1. The number of halogens is 1. The molecule has 2 aromatic heterocycles. The Bertz CT molecular complexity index is 643. The summed E-state index contributed by atoms with van der Waals surface area (Å²) in [6.07, 6.45) is 2.13. The predicted octanol–water partition coefficient (Wildman–Crippen LogP) is 3.71. The van der Waals surface area contributed by atoms with E-state index in [0.29, 0.717) is 0 Å². The lowest BCUT2D eigenvalue weighted by molar-refractivity contribution is 0.866. The average molecular weight is 279 g/mol. The van der Waals surface area contributed by atoms with E-state index in [0.717, 1.165) is 0 Å². The van der Waals surface area contributed by atoms with Crippen molar-refractivity contribution in [3.8, 4) is 0 Å². The molecule has 0 spiro atoms. The van der Waals surface area contributed by atoms with Gasteiger partial charge in [-0.3, -0.25) is 0 Å². The monoisotopic (exact) mass is 278 g/mol. The van der Waals surface area contributed by atoms with Gasteiger partial charge in [0.15, 0.2) is 0 Å². The molecule has 94 valence electrons. The lowest BCUT2D eigenvalue weighted by atomic mass is 10.0. The molecule has 1 aromatic carbocycles. The van der Waals surface area contributed by atoms with Gasteiger partial charge < -0.3 is 10.3 Å². The summed E-state index contributed by atoms with van der Waals surface area (Å²) in [4.78, 5) is 0. The zero-order valence-electron chi connectivity index (χ0n) is 10.0. The highest BCUT2D eigenvalue weighted by Gasteiger charge is 2.14. The molecule has 2 nitrogen and oxygen atoms in total. The van der Waals surface area contributed by atoms with Crippen LogP contribution in [0, 0.1) is 0 Å². The smallest absolute Gasteiger partial charge is 0.0581 e. The Hall–Kier alpha value is -1.29. The third kappa shape index (κ3) is 2.05. The number of para-hydroxylation sites is 1. The third-order valence-electron chi connectivity index (χ3n) is 3.17. The van der Waals surface area contributed by atoms with Crippen LogP contribution in [0.5, 0.6) is 0 Å². The molecule has 0 fully saturated rings. The molecule has 4 heteroatoms. The number of fused-ring (bicyclic) bond motifs is 1. The van der Waals surface area contributed by atoms with E-state index in [1.54, 1.807) is 11.3 Å². The minimum Gasteiger partial charge on any atom is -0.350 e. The summed E-state index contributed by atoms with van der Waals surface area (Å²) < 4.78 is 2.14. The van der Waals surface area contributed by atoms with Gasteiger partial charge in [-0.1, -0.05) is 18.2 Å². The maximum Gasteiger partial charge on any atom is 0.0581 e. The zero-order valence-corrected chi connectivity index (χ0v) is 11.7. The first-order valence-electron chi connectivity index (χ1n) is 5.59. The van der Waals surface area contributed by atoms with Crippen LogP contribution in [0.4, 0.5) is 0 Å². The Balaban J connectivity index is 0.00000120. The van der Waals surface area contributed by atoms with Crippen LogP contribution in [-0.2, 0) is 7.05 Å². The van der Waals surface area contributed by atoms with E-state index < -0.39 is 0 Å².